The number of hydrogen-bond donors (Lipinski definition) is 30. The van der Waals surface area contributed by atoms with E-state index in [1.165, 1.54) is 0 Å². The van der Waals surface area contributed by atoms with Crippen molar-refractivity contribution in [1.82, 2.24) is 0 Å². The van der Waals surface area contributed by atoms with Crippen LogP contribution in [-0.4, -0.2) is 477 Å². The lowest BCUT2D eigenvalue weighted by molar-refractivity contribution is -0.417. The molecule has 0 spiro atoms. The van der Waals surface area contributed by atoms with Crippen LogP contribution in [0.1, 0.15) is 6.42 Å². The van der Waals surface area contributed by atoms with Crippen LogP contribution < -0.4 is 5.73 Å². The fourth-order valence-electron chi connectivity index (χ4n) is 12.7. The Morgan fingerprint density at radius 2 is 0.710 bits per heavy atom. The van der Waals surface area contributed by atoms with E-state index in [9.17, 15) is 153 Å². The van der Waals surface area contributed by atoms with Crippen LogP contribution in [0.25, 0.3) is 0 Å². The van der Waals surface area contributed by atoms with Crippen molar-refractivity contribution in [2.24, 2.45) is 5.73 Å². The summed E-state index contributed by atoms with van der Waals surface area (Å²) in [5.74, 6) is -1.86. The lowest BCUT2D eigenvalue weighted by Crippen LogP contribution is -2.71. The Morgan fingerprint density at radius 1 is 0.330 bits per heavy atom. The Labute approximate surface area is 563 Å². The van der Waals surface area contributed by atoms with Crippen molar-refractivity contribution < 1.29 is 224 Å². The maximum atomic E-state index is 12.9. The zero-order valence-corrected chi connectivity index (χ0v) is 52.3. The minimum absolute atomic E-state index is 0.888. The van der Waals surface area contributed by atoms with Gasteiger partial charge in [-0.15, -0.1) is 0 Å². The first kappa shape index (κ1) is 83.3. The molecule has 0 bridgehead atoms. The zero-order valence-electron chi connectivity index (χ0n) is 52.3. The maximum Gasteiger partial charge on any atom is 0.332 e. The first-order chi connectivity index (χ1) is 47.2. The zero-order chi connectivity index (χ0) is 74.0. The number of carboxylic acid groups (broad SMARTS) is 1. The number of aliphatic carboxylic acids is 1. The molecule has 8 aliphatic heterocycles. The number of nitrogens with two attached hydrogens (primary N) is 1. The van der Waals surface area contributed by atoms with E-state index in [1.807, 2.05) is 0 Å². The summed E-state index contributed by atoms with van der Waals surface area (Å²) in [6, 6.07) is -1.58. The molecule has 46 nitrogen and oxygen atoms in total. The third kappa shape index (κ3) is 17.6. The molecule has 0 aromatic carbocycles. The van der Waals surface area contributed by atoms with Crippen LogP contribution in [0.4, 0.5) is 0 Å². The average molecular weight is 1480 g/mol. The normalized spacial score (nSPS) is 49.8. The van der Waals surface area contributed by atoms with Crippen LogP contribution in [0, 0.1) is 0 Å². The van der Waals surface area contributed by atoms with Crippen molar-refractivity contribution in [2.45, 2.75) is 276 Å². The molecule has 1 unspecified atom stereocenters. The number of ether oxygens (including phenoxy) is 15. The first-order valence-electron chi connectivity index (χ1n) is 31.6. The van der Waals surface area contributed by atoms with Gasteiger partial charge in [0.15, 0.2) is 50.1 Å². The second kappa shape index (κ2) is 36.1. The maximum absolute atomic E-state index is 12.9. The fourth-order valence-corrected chi connectivity index (χ4v) is 12.7. The topological polar surface area (TPSA) is 768 Å². The van der Waals surface area contributed by atoms with Gasteiger partial charge >= 0.3 is 5.97 Å². The van der Waals surface area contributed by atoms with Crippen LogP contribution in [-0.2, 0) is 75.8 Å². The predicted molar refractivity (Wildman–Crippen MR) is 300 cm³/mol. The van der Waals surface area contributed by atoms with Gasteiger partial charge in [0, 0.05) is 6.42 Å². The summed E-state index contributed by atoms with van der Waals surface area (Å²) in [7, 11) is 0. The number of aliphatic hydroxyl groups is 28. The minimum Gasteiger partial charge on any atom is -0.479 e. The summed E-state index contributed by atoms with van der Waals surface area (Å²) >= 11 is 0. The Morgan fingerprint density at radius 3 is 1.23 bits per heavy atom. The number of rotatable bonds is 29. The highest BCUT2D eigenvalue weighted by Crippen LogP contribution is 2.41. The molecule has 100 heavy (non-hydrogen) atoms. The highest BCUT2D eigenvalue weighted by Gasteiger charge is 2.62. The predicted octanol–water partition coefficient (Wildman–Crippen LogP) is -20.5. The third-order valence-electron chi connectivity index (χ3n) is 18.6. The van der Waals surface area contributed by atoms with Crippen molar-refractivity contribution in [3.63, 3.8) is 0 Å². The van der Waals surface area contributed by atoms with Crippen molar-refractivity contribution in [3.05, 3.63) is 0 Å². The van der Waals surface area contributed by atoms with Crippen LogP contribution in [0.2, 0.25) is 0 Å². The van der Waals surface area contributed by atoms with Gasteiger partial charge in [0.1, 0.15) is 208 Å². The van der Waals surface area contributed by atoms with Crippen molar-refractivity contribution in [2.75, 3.05) is 52.9 Å². The van der Waals surface area contributed by atoms with Crippen LogP contribution >= 0.6 is 0 Å². The summed E-state index contributed by atoms with van der Waals surface area (Å²) in [6.45, 7) is -9.31. The van der Waals surface area contributed by atoms with Gasteiger partial charge in [-0.1, -0.05) is 0 Å². The van der Waals surface area contributed by atoms with E-state index >= 15 is 0 Å². The molecule has 8 aliphatic rings. The third-order valence-corrected chi connectivity index (χ3v) is 18.6. The number of hydrogen-bond acceptors (Lipinski definition) is 45. The molecule has 8 rings (SSSR count). The SMILES string of the molecule is N[C@H]1[C@@H](OC[C@H](O)[C@H]2O[C@H](O[C@@H]3[C@@H](O[C@@H]4[C@H](O)[C@@H](O[C@H]5[C@@H](O)[C@@H](CO)O[C@@H]5C[C@H](O)C(=O)O)O[C@H]([C@H](CO)O[C@H]5O[C@H](CO)[C@@H](O)[C@H](O)[C@H]5O)[C@H]4O[C@@H]4O[C@H](CO)[C@@H](O)[C@H](O)[C@H]4O)O[C@H]([C@H](CO)O[C@H]4O[C@H](C(O)CO)[C@@H](O)[C@H](O)[C@@H]4O)[C@@H](O)[C@@H]3O)[C@@H](O)[C@@H](O)[C@@H]2O)O[C@H](CO)[C@@H](O)[C@@H]1O. The Hall–Kier alpha value is -2.29. The molecule has 8 heterocycles. The van der Waals surface area contributed by atoms with Crippen LogP contribution in [0.15, 0.2) is 0 Å². The van der Waals surface area contributed by atoms with Crippen molar-refractivity contribution >= 4 is 5.97 Å². The monoisotopic (exact) mass is 1480 g/mol. The Kier molecular flexibility index (Phi) is 30.1. The lowest BCUT2D eigenvalue weighted by atomic mass is 9.92. The summed E-state index contributed by atoms with van der Waals surface area (Å²) in [4.78, 5) is 12.0. The van der Waals surface area contributed by atoms with Gasteiger partial charge in [-0.25, -0.2) is 4.79 Å². The molecular formula is C54H93NO45. The van der Waals surface area contributed by atoms with E-state index < -0.39 is 335 Å². The standard InChI is InChI=1S/C54H93NO45/c55-20-25(70)21(66)14(3-57)88-48(20)86-9-12(65)40-31(76)29(74)37(82)52(94-40)99-45-33(78)32(77)42(18(7-61)91-51-36(81)28(73)30(75)39(93-51)11(64)2-56)96-54(45)98-44-38(83)53(95-41-13(1-10(63)47(84)85)87-17(6-60)24(41)69)97-43(46(44)100-50-35(80)27(72)23(68)16(5-59)90-50)19(8-62)92-49-34(79)26(71)22(67)15(4-58)89-49/h10-46,48-54,56-83H,1-9,55H2,(H,84,85)/t10-,11?,12-,13+,14+,15+,16+,17+,18-,19-,20+,21+,22+,23+,24-,25+,26-,27-,28-,29-,30-,31-,32-,33-,34+,35+,36-,37-,38-,39+,40+,41+,42+,43+,44+,45-,46+,48-,49+,50-,51-,52+,53-,54+/m0/s1. The Balaban J connectivity index is 1.25. The van der Waals surface area contributed by atoms with E-state index in [-0.39, 0.29) is 0 Å². The molecule has 0 saturated carbocycles. The first-order valence-corrected chi connectivity index (χ1v) is 31.6. The van der Waals surface area contributed by atoms with Crippen molar-refractivity contribution in [3.8, 4) is 0 Å². The molecule has 0 aromatic heterocycles. The molecule has 8 fully saturated rings. The highest BCUT2D eigenvalue weighted by molar-refractivity contribution is 5.71. The smallest absolute Gasteiger partial charge is 0.332 e. The van der Waals surface area contributed by atoms with Gasteiger partial charge in [-0.2, -0.15) is 0 Å². The molecule has 0 radical (unpaired) electrons. The average Bonchev–Trinajstić information content (AvgIpc) is 0.904. The Bertz CT molecular complexity index is 2470. The summed E-state index contributed by atoms with van der Waals surface area (Å²) in [5, 5.41) is 317. The molecule has 46 heteroatoms. The number of carbonyl (C=O) groups is 1. The molecule has 0 aliphatic carbocycles. The minimum atomic E-state index is -2.80. The van der Waals surface area contributed by atoms with E-state index in [0.29, 0.717) is 0 Å². The number of carboxylic acids is 1. The van der Waals surface area contributed by atoms with E-state index in [4.69, 9.17) is 76.8 Å². The summed E-state index contributed by atoms with van der Waals surface area (Å²) in [6.07, 6.45) is -98.3. The highest BCUT2D eigenvalue weighted by atomic mass is 16.8. The van der Waals surface area contributed by atoms with Gasteiger partial charge in [0.25, 0.3) is 0 Å². The second-order valence-electron chi connectivity index (χ2n) is 25.2. The van der Waals surface area contributed by atoms with Gasteiger partial charge in [-0.3, -0.25) is 0 Å². The molecule has 0 aromatic rings. The van der Waals surface area contributed by atoms with Crippen molar-refractivity contribution in [1.29, 1.82) is 0 Å². The van der Waals surface area contributed by atoms with Gasteiger partial charge in [0.2, 0.25) is 0 Å². The van der Waals surface area contributed by atoms with E-state index in [2.05, 4.69) is 0 Å². The lowest BCUT2D eigenvalue weighted by Gasteiger charge is -2.52. The van der Waals surface area contributed by atoms with Gasteiger partial charge < -0.3 is 225 Å². The number of aliphatic hydroxyl groups excluding tert-OH is 28. The summed E-state index contributed by atoms with van der Waals surface area (Å²) in [5.41, 5.74) is 5.96. The van der Waals surface area contributed by atoms with E-state index in [1.54, 1.807) is 0 Å². The van der Waals surface area contributed by atoms with E-state index in [0.717, 1.165) is 0 Å². The quantitative estimate of drug-likeness (QED) is 0.0331. The molecule has 584 valence electrons. The summed E-state index contributed by atoms with van der Waals surface area (Å²) < 4.78 is 87.7. The molecule has 0 amide bonds. The fraction of sp³-hybridized carbons (Fsp3) is 0.981. The molecule has 8 saturated heterocycles. The largest absolute Gasteiger partial charge is 0.479 e. The second-order valence-corrected chi connectivity index (χ2v) is 25.2. The molecular weight excluding hydrogens is 1380 g/mol. The van der Waals surface area contributed by atoms with Gasteiger partial charge in [-0.05, 0) is 0 Å². The molecule has 31 N–H and O–H groups in total. The molecule has 44 atom stereocenters. The van der Waals surface area contributed by atoms with Crippen LogP contribution in [0.5, 0.6) is 0 Å². The van der Waals surface area contributed by atoms with Gasteiger partial charge in [0.05, 0.1) is 65.0 Å². The van der Waals surface area contributed by atoms with Crippen LogP contribution in [0.3, 0.4) is 0 Å².